The fraction of sp³-hybridized carbons (Fsp3) is 0.143. The summed E-state index contributed by atoms with van der Waals surface area (Å²) < 4.78 is 19.1. The summed E-state index contributed by atoms with van der Waals surface area (Å²) in [6.07, 6.45) is 0. The normalized spacial score (nSPS) is 12.2. The van der Waals surface area contributed by atoms with Crippen molar-refractivity contribution < 1.29 is 9.13 Å². The first-order valence-electron chi connectivity index (χ1n) is 5.81. The van der Waals surface area contributed by atoms with E-state index in [-0.39, 0.29) is 0 Å². The van der Waals surface area contributed by atoms with Crippen LogP contribution in [-0.4, -0.2) is 7.11 Å². The van der Waals surface area contributed by atoms with Gasteiger partial charge in [0.1, 0.15) is 11.6 Å². The highest BCUT2D eigenvalue weighted by atomic mass is 35.5. The summed E-state index contributed by atoms with van der Waals surface area (Å²) in [5.74, 6) is 5.55. The Labute approximate surface area is 126 Å². The van der Waals surface area contributed by atoms with E-state index < -0.39 is 11.9 Å². The summed E-state index contributed by atoms with van der Waals surface area (Å²) >= 11 is 12.0. The van der Waals surface area contributed by atoms with Crippen LogP contribution < -0.4 is 16.0 Å². The molecule has 0 aliphatic heterocycles. The van der Waals surface area contributed by atoms with Crippen LogP contribution in [0.1, 0.15) is 17.2 Å². The van der Waals surface area contributed by atoms with Gasteiger partial charge in [-0.15, -0.1) is 0 Å². The fourth-order valence-electron chi connectivity index (χ4n) is 1.95. The molecular formula is C14H13Cl2FN2O. The lowest BCUT2D eigenvalue weighted by atomic mass is 9.98. The lowest BCUT2D eigenvalue weighted by Crippen LogP contribution is -2.29. The molecular weight excluding hydrogens is 302 g/mol. The van der Waals surface area contributed by atoms with Crippen LogP contribution in [0, 0.1) is 5.82 Å². The highest BCUT2D eigenvalue weighted by molar-refractivity contribution is 6.35. The molecule has 0 aromatic heterocycles. The third-order valence-electron chi connectivity index (χ3n) is 2.96. The number of nitrogens with one attached hydrogen (secondary N) is 1. The van der Waals surface area contributed by atoms with Crippen LogP contribution in [0.4, 0.5) is 4.39 Å². The van der Waals surface area contributed by atoms with Gasteiger partial charge in [0.25, 0.3) is 0 Å². The Balaban J connectivity index is 2.47. The number of nitrogens with two attached hydrogens (primary N) is 1. The van der Waals surface area contributed by atoms with E-state index in [0.29, 0.717) is 26.9 Å². The molecule has 3 N–H and O–H groups in total. The zero-order valence-corrected chi connectivity index (χ0v) is 12.2. The third kappa shape index (κ3) is 3.04. The number of hydrazine groups is 1. The van der Waals surface area contributed by atoms with Crippen molar-refractivity contribution in [2.45, 2.75) is 6.04 Å². The van der Waals surface area contributed by atoms with Crippen LogP contribution in [0.3, 0.4) is 0 Å². The Kier molecular flexibility index (Phi) is 4.83. The van der Waals surface area contributed by atoms with Crippen LogP contribution >= 0.6 is 23.2 Å². The molecule has 0 heterocycles. The standard InChI is InChI=1S/C14H13Cl2FN2O/c1-20-9-3-5-11(13(17)7-9)14(19-18)10-4-2-8(15)6-12(10)16/h2-7,14,19H,18H2,1H3. The van der Waals surface area contributed by atoms with Gasteiger partial charge in [-0.1, -0.05) is 35.3 Å². The van der Waals surface area contributed by atoms with Crippen molar-refractivity contribution in [3.63, 3.8) is 0 Å². The second kappa shape index (κ2) is 6.41. The smallest absolute Gasteiger partial charge is 0.132 e. The largest absolute Gasteiger partial charge is 0.497 e. The molecule has 0 aliphatic rings. The highest BCUT2D eigenvalue weighted by Crippen LogP contribution is 2.32. The predicted octanol–water partition coefficient (Wildman–Crippen LogP) is 3.69. The number of hydrogen-bond acceptors (Lipinski definition) is 3. The number of benzene rings is 2. The minimum Gasteiger partial charge on any atom is -0.497 e. The molecule has 0 saturated carbocycles. The lowest BCUT2D eigenvalue weighted by molar-refractivity contribution is 0.410. The summed E-state index contributed by atoms with van der Waals surface area (Å²) in [4.78, 5) is 0. The van der Waals surface area contributed by atoms with Gasteiger partial charge in [-0.2, -0.15) is 0 Å². The summed E-state index contributed by atoms with van der Waals surface area (Å²) in [5, 5.41) is 0.917. The Morgan fingerprint density at radius 2 is 1.85 bits per heavy atom. The lowest BCUT2D eigenvalue weighted by Gasteiger charge is -2.19. The van der Waals surface area contributed by atoms with E-state index in [9.17, 15) is 4.39 Å². The number of hydrogen-bond donors (Lipinski definition) is 2. The zero-order valence-electron chi connectivity index (χ0n) is 10.7. The van der Waals surface area contributed by atoms with Crippen molar-refractivity contribution in [1.29, 1.82) is 0 Å². The van der Waals surface area contributed by atoms with Crippen molar-refractivity contribution in [3.05, 3.63) is 63.4 Å². The molecule has 2 aromatic carbocycles. The van der Waals surface area contributed by atoms with E-state index >= 15 is 0 Å². The molecule has 2 rings (SSSR count). The van der Waals surface area contributed by atoms with Crippen LogP contribution in [0.5, 0.6) is 5.75 Å². The molecule has 0 aliphatic carbocycles. The minimum absolute atomic E-state index is 0.373. The topological polar surface area (TPSA) is 47.3 Å². The molecule has 0 radical (unpaired) electrons. The number of methoxy groups -OCH3 is 1. The quantitative estimate of drug-likeness (QED) is 0.668. The first kappa shape index (κ1) is 15.1. The number of rotatable bonds is 4. The van der Waals surface area contributed by atoms with E-state index in [1.54, 1.807) is 30.3 Å². The molecule has 0 fully saturated rings. The average molecular weight is 315 g/mol. The van der Waals surface area contributed by atoms with Crippen molar-refractivity contribution >= 4 is 23.2 Å². The van der Waals surface area contributed by atoms with Gasteiger partial charge in [-0.25, -0.2) is 9.82 Å². The van der Waals surface area contributed by atoms with Gasteiger partial charge in [-0.05, 0) is 23.8 Å². The summed E-state index contributed by atoms with van der Waals surface area (Å²) in [5.41, 5.74) is 3.58. The Morgan fingerprint density at radius 3 is 2.40 bits per heavy atom. The highest BCUT2D eigenvalue weighted by Gasteiger charge is 2.19. The van der Waals surface area contributed by atoms with Gasteiger partial charge in [0.2, 0.25) is 0 Å². The Morgan fingerprint density at radius 1 is 1.15 bits per heavy atom. The van der Waals surface area contributed by atoms with Gasteiger partial charge >= 0.3 is 0 Å². The average Bonchev–Trinajstić information content (AvgIpc) is 2.43. The monoisotopic (exact) mass is 314 g/mol. The summed E-state index contributed by atoms with van der Waals surface area (Å²) in [6.45, 7) is 0. The van der Waals surface area contributed by atoms with Crippen LogP contribution in [0.15, 0.2) is 36.4 Å². The minimum atomic E-state index is -0.578. The van der Waals surface area contributed by atoms with E-state index in [4.69, 9.17) is 33.8 Å². The van der Waals surface area contributed by atoms with Gasteiger partial charge in [-0.3, -0.25) is 5.84 Å². The maximum atomic E-state index is 14.1. The molecule has 2 aromatic rings. The van der Waals surface area contributed by atoms with Crippen molar-refractivity contribution in [3.8, 4) is 5.75 Å². The molecule has 106 valence electrons. The van der Waals surface area contributed by atoms with Crippen molar-refractivity contribution in [2.75, 3.05) is 7.11 Å². The summed E-state index contributed by atoms with van der Waals surface area (Å²) in [7, 11) is 1.48. The van der Waals surface area contributed by atoms with Crippen LogP contribution in [0.2, 0.25) is 10.0 Å². The van der Waals surface area contributed by atoms with Crippen molar-refractivity contribution in [2.24, 2.45) is 5.84 Å². The van der Waals surface area contributed by atoms with Crippen LogP contribution in [0.25, 0.3) is 0 Å². The maximum Gasteiger partial charge on any atom is 0.132 e. The fourth-order valence-corrected chi connectivity index (χ4v) is 2.47. The number of ether oxygens (including phenoxy) is 1. The maximum absolute atomic E-state index is 14.1. The van der Waals surface area contributed by atoms with E-state index in [0.717, 1.165) is 0 Å². The second-order valence-electron chi connectivity index (χ2n) is 4.15. The second-order valence-corrected chi connectivity index (χ2v) is 5.00. The molecule has 0 spiro atoms. The molecule has 3 nitrogen and oxygen atoms in total. The molecule has 0 saturated heterocycles. The molecule has 6 heteroatoms. The molecule has 0 bridgehead atoms. The van der Waals surface area contributed by atoms with E-state index in [2.05, 4.69) is 5.43 Å². The summed E-state index contributed by atoms with van der Waals surface area (Å²) in [6, 6.07) is 8.95. The molecule has 0 amide bonds. The Hall–Kier alpha value is -1.33. The van der Waals surface area contributed by atoms with Crippen molar-refractivity contribution in [1.82, 2.24) is 5.43 Å². The Bertz CT molecular complexity index is 622. The van der Waals surface area contributed by atoms with Gasteiger partial charge in [0.15, 0.2) is 0 Å². The molecule has 1 unspecified atom stereocenters. The zero-order chi connectivity index (χ0) is 14.7. The van der Waals surface area contributed by atoms with Gasteiger partial charge in [0, 0.05) is 21.7 Å². The predicted molar refractivity (Wildman–Crippen MR) is 78.6 cm³/mol. The molecule has 1 atom stereocenters. The van der Waals surface area contributed by atoms with E-state index in [1.165, 1.54) is 13.2 Å². The first-order chi connectivity index (χ1) is 9.56. The molecule has 20 heavy (non-hydrogen) atoms. The SMILES string of the molecule is COc1ccc(C(NN)c2ccc(Cl)cc2Cl)c(F)c1. The van der Waals surface area contributed by atoms with Gasteiger partial charge in [0.05, 0.1) is 13.2 Å². The first-order valence-corrected chi connectivity index (χ1v) is 6.57. The van der Waals surface area contributed by atoms with E-state index in [1.807, 2.05) is 0 Å². The van der Waals surface area contributed by atoms with Crippen LogP contribution in [-0.2, 0) is 0 Å². The third-order valence-corrected chi connectivity index (χ3v) is 3.52. The number of halogens is 3. The van der Waals surface area contributed by atoms with Gasteiger partial charge < -0.3 is 4.74 Å².